The molecule has 0 spiro atoms. The molecule has 0 atom stereocenters. The Hall–Kier alpha value is -1.96. The summed E-state index contributed by atoms with van der Waals surface area (Å²) in [5, 5.41) is 2.80. The van der Waals surface area contributed by atoms with Crippen LogP contribution in [0.4, 0.5) is 10.3 Å². The van der Waals surface area contributed by atoms with Gasteiger partial charge in [0.05, 0.1) is 11.1 Å². The molecule has 8 heteroatoms. The smallest absolute Gasteiger partial charge is 0.330 e. The summed E-state index contributed by atoms with van der Waals surface area (Å²) in [4.78, 5) is 12.2. The summed E-state index contributed by atoms with van der Waals surface area (Å²) in [6, 6.07) is 4.30. The van der Waals surface area contributed by atoms with E-state index < -0.39 is 0 Å². The fourth-order valence-corrected chi connectivity index (χ4v) is 1.84. The lowest BCUT2D eigenvalue weighted by Crippen LogP contribution is -2.06. The second-order valence-electron chi connectivity index (χ2n) is 4.00. The summed E-state index contributed by atoms with van der Waals surface area (Å²) >= 11 is 3.22. The Balaban J connectivity index is 2.25. The third kappa shape index (κ3) is 4.25. The summed E-state index contributed by atoms with van der Waals surface area (Å²) in [5.41, 5.74) is 0. The highest BCUT2D eigenvalue weighted by Gasteiger charge is 2.11. The molecule has 0 saturated heterocycles. The van der Waals surface area contributed by atoms with Crippen LogP contribution in [0.5, 0.6) is 17.8 Å². The molecule has 1 aromatic heterocycles. The molecule has 0 fully saturated rings. The summed E-state index contributed by atoms with van der Waals surface area (Å²) in [5.74, 6) is 0.350. The molecule has 0 aliphatic heterocycles. The van der Waals surface area contributed by atoms with Crippen LogP contribution in [0.2, 0.25) is 0 Å². The molecule has 0 radical (unpaired) electrons. The maximum absolute atomic E-state index is 13.1. The van der Waals surface area contributed by atoms with Gasteiger partial charge < -0.3 is 14.8 Å². The molecular weight excluding hydrogens is 343 g/mol. The fourth-order valence-electron chi connectivity index (χ4n) is 1.41. The van der Waals surface area contributed by atoms with Gasteiger partial charge in [0.25, 0.3) is 0 Å². The van der Waals surface area contributed by atoms with Crippen molar-refractivity contribution in [3.05, 3.63) is 28.5 Å². The Morgan fingerprint density at radius 2 is 2.00 bits per heavy atom. The monoisotopic (exact) mass is 356 g/mol. The molecule has 0 aliphatic carbocycles. The Morgan fingerprint density at radius 3 is 2.67 bits per heavy atom. The number of benzene rings is 1. The van der Waals surface area contributed by atoms with E-state index in [9.17, 15) is 4.39 Å². The maximum atomic E-state index is 13.1. The second-order valence-corrected chi connectivity index (χ2v) is 4.85. The summed E-state index contributed by atoms with van der Waals surface area (Å²) in [6.45, 7) is 2.47. The van der Waals surface area contributed by atoms with E-state index in [0.717, 1.165) is 6.42 Å². The molecule has 21 heavy (non-hydrogen) atoms. The molecule has 0 amide bonds. The van der Waals surface area contributed by atoms with Gasteiger partial charge in [-0.15, -0.1) is 4.98 Å². The van der Waals surface area contributed by atoms with Crippen molar-refractivity contribution in [2.45, 2.75) is 13.3 Å². The van der Waals surface area contributed by atoms with Crippen LogP contribution in [0, 0.1) is 5.82 Å². The van der Waals surface area contributed by atoms with E-state index in [1.165, 1.54) is 18.2 Å². The van der Waals surface area contributed by atoms with Crippen LogP contribution in [0.25, 0.3) is 0 Å². The quantitative estimate of drug-likeness (QED) is 0.855. The zero-order valence-corrected chi connectivity index (χ0v) is 13.1. The standard InChI is InChI=1S/C13H14BrFN4O2/c1-3-6-20-12-17-11(16-2)18-13(19-12)21-10-5-4-8(15)7-9(10)14/h4-5,7H,3,6H2,1-2H3,(H,16,17,18,19). The molecule has 2 rings (SSSR count). The molecule has 0 aliphatic rings. The first-order chi connectivity index (χ1) is 10.1. The molecule has 112 valence electrons. The van der Waals surface area contributed by atoms with E-state index in [0.29, 0.717) is 22.8 Å². The molecular formula is C13H14BrFN4O2. The van der Waals surface area contributed by atoms with E-state index in [2.05, 4.69) is 36.2 Å². The lowest BCUT2D eigenvalue weighted by molar-refractivity contribution is 0.285. The van der Waals surface area contributed by atoms with Crippen LogP contribution in [-0.4, -0.2) is 28.6 Å². The third-order valence-electron chi connectivity index (χ3n) is 2.35. The molecule has 0 bridgehead atoms. The van der Waals surface area contributed by atoms with E-state index in [1.807, 2.05) is 6.92 Å². The van der Waals surface area contributed by atoms with Crippen LogP contribution in [0.3, 0.4) is 0 Å². The number of ether oxygens (including phenoxy) is 2. The van der Waals surface area contributed by atoms with Crippen LogP contribution in [-0.2, 0) is 0 Å². The van der Waals surface area contributed by atoms with Crippen molar-refractivity contribution in [2.75, 3.05) is 19.0 Å². The molecule has 1 N–H and O–H groups in total. The molecule has 0 unspecified atom stereocenters. The lowest BCUT2D eigenvalue weighted by atomic mass is 10.3. The van der Waals surface area contributed by atoms with Crippen LogP contribution in [0.15, 0.2) is 22.7 Å². The van der Waals surface area contributed by atoms with Crippen LogP contribution in [0.1, 0.15) is 13.3 Å². The summed E-state index contributed by atoms with van der Waals surface area (Å²) in [6.07, 6.45) is 0.834. The molecule has 6 nitrogen and oxygen atoms in total. The zero-order valence-electron chi connectivity index (χ0n) is 11.6. The minimum atomic E-state index is -0.368. The SMILES string of the molecule is CCCOc1nc(NC)nc(Oc2ccc(F)cc2Br)n1. The average molecular weight is 357 g/mol. The minimum Gasteiger partial charge on any atom is -0.463 e. The summed E-state index contributed by atoms with van der Waals surface area (Å²) < 4.78 is 24.4. The van der Waals surface area contributed by atoms with Gasteiger partial charge in [-0.25, -0.2) is 4.39 Å². The Labute approximate surface area is 129 Å². The highest BCUT2D eigenvalue weighted by atomic mass is 79.9. The number of hydrogen-bond acceptors (Lipinski definition) is 6. The first kappa shape index (κ1) is 15.4. The zero-order chi connectivity index (χ0) is 15.2. The number of nitrogens with zero attached hydrogens (tertiary/aromatic N) is 3. The number of halogens is 2. The second kappa shape index (κ2) is 7.16. The largest absolute Gasteiger partial charge is 0.463 e. The van der Waals surface area contributed by atoms with Crippen molar-refractivity contribution in [1.82, 2.24) is 15.0 Å². The normalized spacial score (nSPS) is 10.3. The van der Waals surface area contributed by atoms with Gasteiger partial charge >= 0.3 is 12.0 Å². The van der Waals surface area contributed by atoms with Gasteiger partial charge in [-0.2, -0.15) is 9.97 Å². The van der Waals surface area contributed by atoms with Crippen molar-refractivity contribution >= 4 is 21.9 Å². The summed E-state index contributed by atoms with van der Waals surface area (Å²) in [7, 11) is 1.68. The predicted molar refractivity (Wildman–Crippen MR) is 79.3 cm³/mol. The number of nitrogens with one attached hydrogen (secondary N) is 1. The molecule has 1 heterocycles. The first-order valence-electron chi connectivity index (χ1n) is 6.32. The molecule has 2 aromatic rings. The number of hydrogen-bond donors (Lipinski definition) is 1. The van der Waals surface area contributed by atoms with Crippen molar-refractivity contribution in [3.8, 4) is 17.8 Å². The van der Waals surface area contributed by atoms with E-state index in [-0.39, 0.29) is 17.8 Å². The Morgan fingerprint density at radius 1 is 1.24 bits per heavy atom. The van der Waals surface area contributed by atoms with Crippen molar-refractivity contribution in [1.29, 1.82) is 0 Å². The highest BCUT2D eigenvalue weighted by Crippen LogP contribution is 2.29. The van der Waals surface area contributed by atoms with E-state index in [4.69, 9.17) is 9.47 Å². The molecule has 0 saturated carbocycles. The van der Waals surface area contributed by atoms with E-state index in [1.54, 1.807) is 7.05 Å². The van der Waals surface area contributed by atoms with E-state index >= 15 is 0 Å². The number of anilines is 1. The molecule has 1 aromatic carbocycles. The van der Waals surface area contributed by atoms with Crippen LogP contribution < -0.4 is 14.8 Å². The number of aromatic nitrogens is 3. The average Bonchev–Trinajstić information content (AvgIpc) is 2.48. The van der Waals surface area contributed by atoms with Gasteiger partial charge in [-0.05, 0) is 40.5 Å². The first-order valence-corrected chi connectivity index (χ1v) is 7.11. The lowest BCUT2D eigenvalue weighted by Gasteiger charge is -2.09. The van der Waals surface area contributed by atoms with Gasteiger partial charge in [0.15, 0.2) is 0 Å². The van der Waals surface area contributed by atoms with Crippen LogP contribution >= 0.6 is 15.9 Å². The topological polar surface area (TPSA) is 69.2 Å². The Bertz CT molecular complexity index is 627. The maximum Gasteiger partial charge on any atom is 0.330 e. The highest BCUT2D eigenvalue weighted by molar-refractivity contribution is 9.10. The number of rotatable bonds is 6. The third-order valence-corrected chi connectivity index (χ3v) is 2.97. The van der Waals surface area contributed by atoms with Crippen molar-refractivity contribution in [2.24, 2.45) is 0 Å². The van der Waals surface area contributed by atoms with Gasteiger partial charge in [0.2, 0.25) is 5.95 Å². The minimum absolute atomic E-state index is 0.0627. The van der Waals surface area contributed by atoms with Gasteiger partial charge in [-0.3, -0.25) is 0 Å². The van der Waals surface area contributed by atoms with Crippen molar-refractivity contribution < 1.29 is 13.9 Å². The van der Waals surface area contributed by atoms with Gasteiger partial charge in [-0.1, -0.05) is 6.92 Å². The Kier molecular flexibility index (Phi) is 5.26. The fraction of sp³-hybridized carbons (Fsp3) is 0.308. The predicted octanol–water partition coefficient (Wildman–Crippen LogP) is 3.40. The van der Waals surface area contributed by atoms with Gasteiger partial charge in [0, 0.05) is 7.05 Å². The van der Waals surface area contributed by atoms with Crippen molar-refractivity contribution in [3.63, 3.8) is 0 Å². The van der Waals surface area contributed by atoms with Gasteiger partial charge in [0.1, 0.15) is 11.6 Å².